The minimum absolute atomic E-state index is 0.104. The number of urea groups is 1. The average molecular weight is 300 g/mol. The van der Waals surface area contributed by atoms with Gasteiger partial charge in [0.05, 0.1) is 12.2 Å². The molecule has 124 valence electrons. The molecule has 3 N–H and O–H groups in total. The van der Waals surface area contributed by atoms with Crippen molar-refractivity contribution in [3.8, 4) is 0 Å². The van der Waals surface area contributed by atoms with Crippen molar-refractivity contribution in [2.75, 3.05) is 13.2 Å². The number of ether oxygens (including phenoxy) is 1. The van der Waals surface area contributed by atoms with Crippen LogP contribution in [-0.4, -0.2) is 42.5 Å². The zero-order chi connectivity index (χ0) is 15.8. The third-order valence-electron chi connectivity index (χ3n) is 3.93. The van der Waals surface area contributed by atoms with Crippen LogP contribution in [0.15, 0.2) is 0 Å². The largest absolute Gasteiger partial charge is 0.396 e. The highest BCUT2D eigenvalue weighted by atomic mass is 16.5. The highest BCUT2D eigenvalue weighted by Gasteiger charge is 2.25. The lowest BCUT2D eigenvalue weighted by Crippen LogP contribution is -2.48. The van der Waals surface area contributed by atoms with Crippen LogP contribution in [0.3, 0.4) is 0 Å². The third-order valence-corrected chi connectivity index (χ3v) is 3.93. The molecule has 1 rings (SSSR count). The molecular weight excluding hydrogens is 268 g/mol. The van der Waals surface area contributed by atoms with E-state index in [1.54, 1.807) is 0 Å². The lowest BCUT2D eigenvalue weighted by atomic mass is 9.94. The van der Waals surface area contributed by atoms with Crippen LogP contribution < -0.4 is 10.6 Å². The standard InChI is InChI=1S/C16H32N2O3/c1-11(2)7-14(5-6-19)10-17-16(20)18-15-8-12(3)21-13(4)9-15/h11-15,19H,5-10H2,1-4H3,(H2,17,18,20). The van der Waals surface area contributed by atoms with E-state index in [4.69, 9.17) is 9.84 Å². The van der Waals surface area contributed by atoms with Crippen molar-refractivity contribution in [2.24, 2.45) is 11.8 Å². The van der Waals surface area contributed by atoms with E-state index < -0.39 is 0 Å². The molecule has 5 heteroatoms. The first-order valence-electron chi connectivity index (χ1n) is 8.21. The predicted molar refractivity (Wildman–Crippen MR) is 84.2 cm³/mol. The number of hydrogen-bond acceptors (Lipinski definition) is 3. The van der Waals surface area contributed by atoms with Gasteiger partial charge in [-0.1, -0.05) is 13.8 Å². The summed E-state index contributed by atoms with van der Waals surface area (Å²) in [5.41, 5.74) is 0. The minimum Gasteiger partial charge on any atom is -0.396 e. The first-order valence-corrected chi connectivity index (χ1v) is 8.21. The molecule has 3 atom stereocenters. The van der Waals surface area contributed by atoms with Crippen molar-refractivity contribution in [3.05, 3.63) is 0 Å². The van der Waals surface area contributed by atoms with Crippen LogP contribution in [0.4, 0.5) is 4.79 Å². The summed E-state index contributed by atoms with van der Waals surface area (Å²) in [6.45, 7) is 9.21. The summed E-state index contributed by atoms with van der Waals surface area (Å²) in [6, 6.07) is 0.0816. The van der Waals surface area contributed by atoms with Crippen LogP contribution in [0.1, 0.15) is 53.4 Å². The molecule has 0 radical (unpaired) electrons. The van der Waals surface area contributed by atoms with Crippen molar-refractivity contribution in [1.29, 1.82) is 0 Å². The van der Waals surface area contributed by atoms with Crippen LogP contribution in [0.25, 0.3) is 0 Å². The first-order chi connectivity index (χ1) is 9.90. The molecule has 3 unspecified atom stereocenters. The second-order valence-corrected chi connectivity index (χ2v) is 6.79. The highest BCUT2D eigenvalue weighted by Crippen LogP contribution is 2.19. The van der Waals surface area contributed by atoms with E-state index in [-0.39, 0.29) is 30.9 Å². The zero-order valence-corrected chi connectivity index (χ0v) is 13.9. The number of aliphatic hydroxyl groups is 1. The molecule has 1 saturated heterocycles. The van der Waals surface area contributed by atoms with E-state index in [2.05, 4.69) is 24.5 Å². The van der Waals surface area contributed by atoms with Crippen molar-refractivity contribution < 1.29 is 14.6 Å². The summed E-state index contributed by atoms with van der Waals surface area (Å²) < 4.78 is 5.67. The third kappa shape index (κ3) is 7.67. The lowest BCUT2D eigenvalue weighted by molar-refractivity contribution is -0.0402. The van der Waals surface area contributed by atoms with Crippen LogP contribution in [0.5, 0.6) is 0 Å². The maximum absolute atomic E-state index is 12.0. The number of carbonyl (C=O) groups is 1. The number of carbonyl (C=O) groups excluding carboxylic acids is 1. The Bertz CT molecular complexity index is 300. The molecule has 0 aliphatic carbocycles. The molecular formula is C16H32N2O3. The molecule has 1 aliphatic heterocycles. The fourth-order valence-corrected chi connectivity index (χ4v) is 3.15. The molecule has 0 aromatic heterocycles. The fraction of sp³-hybridized carbons (Fsp3) is 0.938. The summed E-state index contributed by atoms with van der Waals surface area (Å²) in [5, 5.41) is 15.1. The average Bonchev–Trinajstić information content (AvgIpc) is 2.34. The Labute approximate surface area is 128 Å². The van der Waals surface area contributed by atoms with E-state index in [9.17, 15) is 4.79 Å². The molecule has 2 amide bonds. The van der Waals surface area contributed by atoms with E-state index in [1.165, 1.54) is 0 Å². The monoisotopic (exact) mass is 300 g/mol. The van der Waals surface area contributed by atoms with Crippen molar-refractivity contribution >= 4 is 6.03 Å². The summed E-state index contributed by atoms with van der Waals surface area (Å²) in [7, 11) is 0. The van der Waals surface area contributed by atoms with Gasteiger partial charge in [0.25, 0.3) is 0 Å². The van der Waals surface area contributed by atoms with Crippen LogP contribution in [0, 0.1) is 11.8 Å². The fourth-order valence-electron chi connectivity index (χ4n) is 3.15. The van der Waals surface area contributed by atoms with E-state index in [0.717, 1.165) is 25.7 Å². The predicted octanol–water partition coefficient (Wildman–Crippen LogP) is 2.29. The Morgan fingerprint density at radius 3 is 2.43 bits per heavy atom. The van der Waals surface area contributed by atoms with Gasteiger partial charge in [-0.25, -0.2) is 4.79 Å². The Morgan fingerprint density at radius 1 is 1.29 bits per heavy atom. The van der Waals surface area contributed by atoms with Gasteiger partial charge in [-0.15, -0.1) is 0 Å². The number of aliphatic hydroxyl groups excluding tert-OH is 1. The molecule has 1 fully saturated rings. The summed E-state index contributed by atoms with van der Waals surface area (Å²) in [4.78, 5) is 12.0. The highest BCUT2D eigenvalue weighted by molar-refractivity contribution is 5.74. The molecule has 0 aromatic carbocycles. The molecule has 0 spiro atoms. The Hall–Kier alpha value is -0.810. The van der Waals surface area contributed by atoms with Gasteiger partial charge in [-0.2, -0.15) is 0 Å². The van der Waals surface area contributed by atoms with Crippen molar-refractivity contribution in [1.82, 2.24) is 10.6 Å². The molecule has 0 saturated carbocycles. The minimum atomic E-state index is -0.104. The van der Waals surface area contributed by atoms with Gasteiger partial charge in [-0.3, -0.25) is 0 Å². The molecule has 1 heterocycles. The second-order valence-electron chi connectivity index (χ2n) is 6.79. The van der Waals surface area contributed by atoms with Crippen LogP contribution >= 0.6 is 0 Å². The topological polar surface area (TPSA) is 70.6 Å². The first kappa shape index (κ1) is 18.2. The SMILES string of the molecule is CC(C)CC(CCO)CNC(=O)NC1CC(C)OC(C)C1. The van der Waals surface area contributed by atoms with Gasteiger partial charge in [0, 0.05) is 19.2 Å². The molecule has 0 bridgehead atoms. The number of rotatable bonds is 7. The number of hydrogen-bond donors (Lipinski definition) is 3. The van der Waals surface area contributed by atoms with Crippen LogP contribution in [0.2, 0.25) is 0 Å². The summed E-state index contributed by atoms with van der Waals surface area (Å²) in [5.74, 6) is 0.914. The van der Waals surface area contributed by atoms with E-state index >= 15 is 0 Å². The Balaban J connectivity index is 2.31. The van der Waals surface area contributed by atoms with E-state index in [1.807, 2.05) is 13.8 Å². The zero-order valence-electron chi connectivity index (χ0n) is 13.9. The van der Waals surface area contributed by atoms with E-state index in [0.29, 0.717) is 18.4 Å². The van der Waals surface area contributed by atoms with Crippen molar-refractivity contribution in [2.45, 2.75) is 71.6 Å². The second kappa shape index (κ2) is 9.26. The van der Waals surface area contributed by atoms with Gasteiger partial charge in [0.2, 0.25) is 0 Å². The van der Waals surface area contributed by atoms with Gasteiger partial charge >= 0.3 is 6.03 Å². The normalized spacial score (nSPS) is 27.4. The quantitative estimate of drug-likeness (QED) is 0.675. The molecule has 0 aromatic rings. The Kier molecular flexibility index (Phi) is 8.04. The number of nitrogens with one attached hydrogen (secondary N) is 2. The summed E-state index contributed by atoms with van der Waals surface area (Å²) >= 11 is 0. The van der Waals surface area contributed by atoms with Gasteiger partial charge in [0.15, 0.2) is 0 Å². The molecule has 1 aliphatic rings. The smallest absolute Gasteiger partial charge is 0.315 e. The summed E-state index contributed by atoms with van der Waals surface area (Å²) in [6.07, 6.45) is 3.88. The van der Waals surface area contributed by atoms with Crippen LogP contribution in [-0.2, 0) is 4.74 Å². The maximum atomic E-state index is 12.0. The maximum Gasteiger partial charge on any atom is 0.315 e. The van der Waals surface area contributed by atoms with Gasteiger partial charge in [0.1, 0.15) is 0 Å². The lowest BCUT2D eigenvalue weighted by Gasteiger charge is -2.32. The van der Waals surface area contributed by atoms with Gasteiger partial charge < -0.3 is 20.5 Å². The number of amides is 2. The van der Waals surface area contributed by atoms with Crippen molar-refractivity contribution in [3.63, 3.8) is 0 Å². The molecule has 21 heavy (non-hydrogen) atoms. The molecule has 5 nitrogen and oxygen atoms in total. The Morgan fingerprint density at radius 2 is 1.90 bits per heavy atom. The van der Waals surface area contributed by atoms with Gasteiger partial charge in [-0.05, 0) is 51.4 Å².